The fourth-order valence-corrected chi connectivity index (χ4v) is 11.4. The summed E-state index contributed by atoms with van der Waals surface area (Å²) in [5, 5.41) is 40.8. The van der Waals surface area contributed by atoms with E-state index >= 15 is 0 Å². The maximum absolute atomic E-state index is 11.3. The van der Waals surface area contributed by atoms with Crippen molar-refractivity contribution >= 4 is 107 Å². The van der Waals surface area contributed by atoms with Crippen molar-refractivity contribution in [3.8, 4) is 40.7 Å². The molecule has 0 bridgehead atoms. The van der Waals surface area contributed by atoms with E-state index in [1.54, 1.807) is 28.7 Å². The Labute approximate surface area is 338 Å². The summed E-state index contributed by atoms with van der Waals surface area (Å²) in [5.41, 5.74) is 8.40. The summed E-state index contributed by atoms with van der Waals surface area (Å²) < 4.78 is 9.31. The van der Waals surface area contributed by atoms with Crippen LogP contribution in [0.15, 0.2) is 152 Å². The highest BCUT2D eigenvalue weighted by Gasteiger charge is 2.25. The van der Waals surface area contributed by atoms with Gasteiger partial charge in [0.1, 0.15) is 6.07 Å². The Morgan fingerprint density at radius 3 is 1.40 bits per heavy atom. The van der Waals surface area contributed by atoms with Crippen LogP contribution in [0.2, 0.25) is 0 Å². The van der Waals surface area contributed by atoms with Crippen molar-refractivity contribution in [2.45, 2.75) is 0 Å². The van der Waals surface area contributed by atoms with Crippen LogP contribution in [-0.2, 0) is 0 Å². The van der Waals surface area contributed by atoms with Gasteiger partial charge in [-0.25, -0.2) is 0 Å². The van der Waals surface area contributed by atoms with Gasteiger partial charge >= 0.3 is 0 Å². The number of benzene rings is 8. The zero-order valence-corrected chi connectivity index (χ0v) is 32.1. The first-order chi connectivity index (χ1) is 28.6. The molecule has 0 N–H and O–H groups in total. The molecule has 12 aromatic rings. The minimum Gasteiger partial charge on any atom is -0.308 e. The van der Waals surface area contributed by atoms with Crippen molar-refractivity contribution in [1.29, 1.82) is 15.8 Å². The predicted octanol–water partition coefficient (Wildman–Crippen LogP) is 13.9. The number of fused-ring (bicyclic) bond motifs is 14. The molecule has 266 valence electrons. The molecule has 58 heavy (non-hydrogen) atoms. The van der Waals surface area contributed by atoms with Gasteiger partial charge in [-0.05, 0) is 72.3 Å². The van der Waals surface area contributed by atoms with Crippen LogP contribution in [0.4, 0.5) is 0 Å². The summed E-state index contributed by atoms with van der Waals surface area (Å²) in [4.78, 5) is 0. The second kappa shape index (κ2) is 12.1. The van der Waals surface area contributed by atoms with Crippen molar-refractivity contribution in [3.05, 3.63) is 168 Å². The Kier molecular flexibility index (Phi) is 6.80. The van der Waals surface area contributed by atoms with Crippen molar-refractivity contribution < 1.29 is 0 Å². The number of nitriles is 3. The number of rotatable bonds is 3. The van der Waals surface area contributed by atoms with Crippen LogP contribution in [0.1, 0.15) is 16.7 Å². The van der Waals surface area contributed by atoms with Crippen LogP contribution in [0.25, 0.3) is 106 Å². The number of thiophene rings is 2. The molecule has 4 heterocycles. The van der Waals surface area contributed by atoms with E-state index in [1.165, 1.54) is 29.6 Å². The van der Waals surface area contributed by atoms with E-state index in [9.17, 15) is 15.8 Å². The highest BCUT2D eigenvalue weighted by atomic mass is 32.1. The molecule has 0 saturated carbocycles. The van der Waals surface area contributed by atoms with Crippen molar-refractivity contribution in [3.63, 3.8) is 0 Å². The summed E-state index contributed by atoms with van der Waals surface area (Å²) in [6.45, 7) is 0. The normalized spacial score (nSPS) is 11.7. The van der Waals surface area contributed by atoms with Gasteiger partial charge in [-0.3, -0.25) is 0 Å². The molecule has 5 nitrogen and oxygen atoms in total. The third-order valence-corrected chi connectivity index (χ3v) is 13.8. The van der Waals surface area contributed by atoms with Crippen LogP contribution < -0.4 is 0 Å². The van der Waals surface area contributed by atoms with Gasteiger partial charge in [0, 0.05) is 67.5 Å². The number of aromatic nitrogens is 2. The first kappa shape index (κ1) is 32.5. The zero-order chi connectivity index (χ0) is 38.6. The summed E-state index contributed by atoms with van der Waals surface area (Å²) in [5.74, 6) is 0. The Morgan fingerprint density at radius 1 is 0.397 bits per heavy atom. The van der Waals surface area contributed by atoms with E-state index in [0.717, 1.165) is 76.9 Å². The zero-order valence-electron chi connectivity index (χ0n) is 30.5. The molecular weight excluding hydrogens is 747 g/mol. The Hall–Kier alpha value is -7.73. The standard InChI is InChI=1S/C51H25N5S2/c52-26-29-21-30(27-53)23-31(22-29)39-25-42(55-40-13-5-1-9-33(40)35-17-19-46-48(50(35)55)37-11-3-7-15-44(37)57-46)32(28-54)24-43(39)56-41-14-6-2-10-34(41)36-18-20-47-49(51(36)56)38-12-4-8-16-45(38)58-47/h1-25H. The van der Waals surface area contributed by atoms with E-state index < -0.39 is 0 Å². The largest absolute Gasteiger partial charge is 0.308 e. The van der Waals surface area contributed by atoms with Gasteiger partial charge < -0.3 is 9.13 Å². The SMILES string of the molecule is N#Cc1cc(C#N)cc(-c2cc(-n3c4ccccc4c4ccc5sc6ccccc6c5c43)c(C#N)cc2-n2c3ccccc3c3ccc4sc5ccccc5c4c32)c1. The van der Waals surface area contributed by atoms with Crippen LogP contribution in [0.5, 0.6) is 0 Å². The van der Waals surface area contributed by atoms with E-state index in [2.05, 4.69) is 149 Å². The second-order valence-electron chi connectivity index (χ2n) is 14.6. The maximum Gasteiger partial charge on any atom is 0.101 e. The van der Waals surface area contributed by atoms with E-state index in [1.807, 2.05) is 24.3 Å². The number of para-hydroxylation sites is 2. The van der Waals surface area contributed by atoms with E-state index in [0.29, 0.717) is 16.7 Å². The lowest BCUT2D eigenvalue weighted by Crippen LogP contribution is -2.04. The van der Waals surface area contributed by atoms with Gasteiger partial charge in [-0.2, -0.15) is 15.8 Å². The molecule has 12 rings (SSSR count). The van der Waals surface area contributed by atoms with Gasteiger partial charge in [-0.15, -0.1) is 22.7 Å². The fraction of sp³-hybridized carbons (Fsp3) is 0. The van der Waals surface area contributed by atoms with Crippen LogP contribution >= 0.6 is 22.7 Å². The van der Waals surface area contributed by atoms with Crippen molar-refractivity contribution in [1.82, 2.24) is 9.13 Å². The molecule has 0 saturated heterocycles. The van der Waals surface area contributed by atoms with Crippen LogP contribution in [-0.4, -0.2) is 9.13 Å². The quantitative estimate of drug-likeness (QED) is 0.179. The average Bonchev–Trinajstić information content (AvgIpc) is 4.03. The maximum atomic E-state index is 11.3. The Morgan fingerprint density at radius 2 is 0.879 bits per heavy atom. The molecule has 0 spiro atoms. The molecule has 0 aliphatic heterocycles. The van der Waals surface area contributed by atoms with Gasteiger partial charge in [0.05, 0.1) is 62.3 Å². The average molecular weight is 772 g/mol. The minimum absolute atomic E-state index is 0.391. The molecule has 8 aromatic carbocycles. The molecule has 0 amide bonds. The molecule has 4 aromatic heterocycles. The molecule has 0 unspecified atom stereocenters. The second-order valence-corrected chi connectivity index (χ2v) is 16.8. The molecule has 0 aliphatic rings. The third-order valence-electron chi connectivity index (χ3n) is 11.6. The molecule has 0 aliphatic carbocycles. The Bertz CT molecular complexity index is 3880. The van der Waals surface area contributed by atoms with E-state index in [-0.39, 0.29) is 0 Å². The lowest BCUT2D eigenvalue weighted by atomic mass is 9.96. The van der Waals surface area contributed by atoms with Crippen molar-refractivity contribution in [2.24, 2.45) is 0 Å². The van der Waals surface area contributed by atoms with Gasteiger partial charge in [0.15, 0.2) is 0 Å². The highest BCUT2D eigenvalue weighted by molar-refractivity contribution is 7.26. The first-order valence-corrected chi connectivity index (χ1v) is 20.5. The number of hydrogen-bond acceptors (Lipinski definition) is 5. The number of hydrogen-bond donors (Lipinski definition) is 0. The Balaban J connectivity index is 1.29. The topological polar surface area (TPSA) is 81.2 Å². The predicted molar refractivity (Wildman–Crippen MR) is 240 cm³/mol. The van der Waals surface area contributed by atoms with Gasteiger partial charge in [0.25, 0.3) is 0 Å². The molecule has 0 fully saturated rings. The summed E-state index contributed by atoms with van der Waals surface area (Å²) in [7, 11) is 0. The number of nitrogens with zero attached hydrogens (tertiary/aromatic N) is 5. The van der Waals surface area contributed by atoms with Gasteiger partial charge in [-0.1, -0.05) is 84.9 Å². The lowest BCUT2D eigenvalue weighted by Gasteiger charge is -2.19. The molecule has 0 radical (unpaired) electrons. The highest BCUT2D eigenvalue weighted by Crippen LogP contribution is 2.47. The van der Waals surface area contributed by atoms with Crippen molar-refractivity contribution in [2.75, 3.05) is 0 Å². The monoisotopic (exact) mass is 771 g/mol. The lowest BCUT2D eigenvalue weighted by molar-refractivity contribution is 1.14. The molecule has 7 heteroatoms. The van der Waals surface area contributed by atoms with Crippen LogP contribution in [0.3, 0.4) is 0 Å². The molecular formula is C51H25N5S2. The minimum atomic E-state index is 0.391. The smallest absolute Gasteiger partial charge is 0.101 e. The fourth-order valence-electron chi connectivity index (χ4n) is 9.21. The molecule has 0 atom stereocenters. The van der Waals surface area contributed by atoms with Crippen LogP contribution in [0, 0.1) is 34.0 Å². The summed E-state index contributed by atoms with van der Waals surface area (Å²) in [6.07, 6.45) is 0. The summed E-state index contributed by atoms with van der Waals surface area (Å²) >= 11 is 3.54. The summed E-state index contributed by atoms with van der Waals surface area (Å²) in [6, 6.07) is 59.4. The van der Waals surface area contributed by atoms with E-state index in [4.69, 9.17) is 0 Å². The first-order valence-electron chi connectivity index (χ1n) is 18.8. The third kappa shape index (κ3) is 4.42. The van der Waals surface area contributed by atoms with Gasteiger partial charge in [0.2, 0.25) is 0 Å².